The SMILES string of the molecule is CCCC[C@H]1CCN([C@@H](CCc2ccccc2)C(=O)OCC)C1=O. The lowest BCUT2D eigenvalue weighted by Gasteiger charge is -2.26. The van der Waals surface area contributed by atoms with Crippen molar-refractivity contribution in [2.45, 2.75) is 58.4 Å². The molecule has 0 aromatic heterocycles. The second-order valence-electron chi connectivity index (χ2n) is 6.45. The number of likely N-dealkylation sites (tertiary alicyclic amines) is 1. The monoisotopic (exact) mass is 331 g/mol. The van der Waals surface area contributed by atoms with Crippen molar-refractivity contribution in [1.82, 2.24) is 4.90 Å². The van der Waals surface area contributed by atoms with E-state index in [4.69, 9.17) is 4.74 Å². The highest BCUT2D eigenvalue weighted by Gasteiger charge is 2.38. The first kappa shape index (κ1) is 18.5. The van der Waals surface area contributed by atoms with Gasteiger partial charge < -0.3 is 9.64 Å². The van der Waals surface area contributed by atoms with E-state index in [0.29, 0.717) is 19.6 Å². The summed E-state index contributed by atoms with van der Waals surface area (Å²) in [5.41, 5.74) is 1.18. The van der Waals surface area contributed by atoms with Crippen LogP contribution in [0.25, 0.3) is 0 Å². The summed E-state index contributed by atoms with van der Waals surface area (Å²) in [5.74, 6) is -0.0499. The highest BCUT2D eigenvalue weighted by molar-refractivity contribution is 5.87. The summed E-state index contributed by atoms with van der Waals surface area (Å²) in [6.45, 7) is 4.97. The lowest BCUT2D eigenvalue weighted by molar-refractivity contribution is -0.154. The van der Waals surface area contributed by atoms with Gasteiger partial charge in [0.05, 0.1) is 6.61 Å². The number of ether oxygens (including phenoxy) is 1. The highest BCUT2D eigenvalue weighted by Crippen LogP contribution is 2.27. The molecule has 1 saturated heterocycles. The zero-order valence-electron chi connectivity index (χ0n) is 14.9. The Morgan fingerprint density at radius 3 is 2.71 bits per heavy atom. The van der Waals surface area contributed by atoms with Gasteiger partial charge in [0.15, 0.2) is 0 Å². The average molecular weight is 331 g/mol. The number of benzene rings is 1. The second-order valence-corrected chi connectivity index (χ2v) is 6.45. The van der Waals surface area contributed by atoms with E-state index in [0.717, 1.165) is 32.1 Å². The van der Waals surface area contributed by atoms with Gasteiger partial charge in [0.1, 0.15) is 6.04 Å². The molecule has 1 heterocycles. The molecule has 1 aliphatic rings. The number of aryl methyl sites for hydroxylation is 1. The molecule has 0 spiro atoms. The van der Waals surface area contributed by atoms with Crippen molar-refractivity contribution in [2.75, 3.05) is 13.2 Å². The number of amides is 1. The zero-order chi connectivity index (χ0) is 17.4. The summed E-state index contributed by atoms with van der Waals surface area (Å²) in [7, 11) is 0. The highest BCUT2D eigenvalue weighted by atomic mass is 16.5. The number of hydrogen-bond donors (Lipinski definition) is 0. The molecule has 1 aromatic carbocycles. The third-order valence-electron chi connectivity index (χ3n) is 4.74. The summed E-state index contributed by atoms with van der Waals surface area (Å²) < 4.78 is 5.24. The van der Waals surface area contributed by atoms with Gasteiger partial charge in [-0.2, -0.15) is 0 Å². The van der Waals surface area contributed by atoms with Crippen LogP contribution in [-0.2, 0) is 20.7 Å². The fourth-order valence-corrected chi connectivity index (χ4v) is 3.38. The van der Waals surface area contributed by atoms with E-state index in [-0.39, 0.29) is 17.8 Å². The number of hydrogen-bond acceptors (Lipinski definition) is 3. The number of esters is 1. The average Bonchev–Trinajstić information content (AvgIpc) is 2.95. The molecule has 24 heavy (non-hydrogen) atoms. The molecule has 2 rings (SSSR count). The van der Waals surface area contributed by atoms with Gasteiger partial charge in [-0.3, -0.25) is 4.79 Å². The Kier molecular flexibility index (Phi) is 7.29. The van der Waals surface area contributed by atoms with Crippen LogP contribution in [0.15, 0.2) is 30.3 Å². The maximum atomic E-state index is 12.7. The zero-order valence-corrected chi connectivity index (χ0v) is 14.9. The van der Waals surface area contributed by atoms with Gasteiger partial charge in [-0.05, 0) is 38.2 Å². The van der Waals surface area contributed by atoms with Crippen LogP contribution in [-0.4, -0.2) is 36.0 Å². The van der Waals surface area contributed by atoms with Gasteiger partial charge in [0, 0.05) is 12.5 Å². The molecule has 1 amide bonds. The van der Waals surface area contributed by atoms with Crippen LogP contribution in [0.1, 0.15) is 51.5 Å². The number of unbranched alkanes of at least 4 members (excludes halogenated alkanes) is 1. The summed E-state index contributed by atoms with van der Waals surface area (Å²) in [5, 5.41) is 0. The molecule has 0 N–H and O–H groups in total. The van der Waals surface area contributed by atoms with Gasteiger partial charge in [0.2, 0.25) is 5.91 Å². The van der Waals surface area contributed by atoms with Crippen LogP contribution in [0.5, 0.6) is 0 Å². The van der Waals surface area contributed by atoms with E-state index in [1.165, 1.54) is 5.56 Å². The molecule has 4 heteroatoms. The van der Waals surface area contributed by atoms with Crippen molar-refractivity contribution in [2.24, 2.45) is 5.92 Å². The molecule has 1 aromatic rings. The van der Waals surface area contributed by atoms with Gasteiger partial charge >= 0.3 is 5.97 Å². The van der Waals surface area contributed by atoms with Crippen molar-refractivity contribution in [3.63, 3.8) is 0 Å². The fraction of sp³-hybridized carbons (Fsp3) is 0.600. The Labute approximate surface area is 145 Å². The first-order chi connectivity index (χ1) is 11.7. The van der Waals surface area contributed by atoms with E-state index in [9.17, 15) is 9.59 Å². The topological polar surface area (TPSA) is 46.6 Å². The molecule has 1 fully saturated rings. The van der Waals surface area contributed by atoms with Crippen molar-refractivity contribution in [1.29, 1.82) is 0 Å². The molecule has 132 valence electrons. The first-order valence-corrected chi connectivity index (χ1v) is 9.18. The number of carbonyl (C=O) groups is 2. The van der Waals surface area contributed by atoms with Gasteiger partial charge in [-0.25, -0.2) is 4.79 Å². The lowest BCUT2D eigenvalue weighted by atomic mass is 10.0. The minimum atomic E-state index is -0.454. The second kappa shape index (κ2) is 9.45. The molecular weight excluding hydrogens is 302 g/mol. The molecule has 0 unspecified atom stereocenters. The third kappa shape index (κ3) is 4.83. The smallest absolute Gasteiger partial charge is 0.328 e. The van der Waals surface area contributed by atoms with E-state index in [1.54, 1.807) is 4.90 Å². The van der Waals surface area contributed by atoms with E-state index >= 15 is 0 Å². The van der Waals surface area contributed by atoms with Crippen LogP contribution in [0, 0.1) is 5.92 Å². The van der Waals surface area contributed by atoms with Gasteiger partial charge in [0.25, 0.3) is 0 Å². The molecule has 0 aliphatic carbocycles. The molecule has 4 nitrogen and oxygen atoms in total. The van der Waals surface area contributed by atoms with Crippen LogP contribution < -0.4 is 0 Å². The summed E-state index contributed by atoms with van der Waals surface area (Å²) in [6, 6.07) is 9.63. The standard InChI is InChI=1S/C20H29NO3/c1-3-5-11-17-14-15-21(19(17)22)18(20(23)24-4-2)13-12-16-9-7-6-8-10-16/h6-10,17-18H,3-5,11-15H2,1-2H3/t17-,18-/m0/s1. The Balaban J connectivity index is 2.03. The van der Waals surface area contributed by atoms with Crippen molar-refractivity contribution >= 4 is 11.9 Å². The van der Waals surface area contributed by atoms with E-state index in [2.05, 4.69) is 19.1 Å². The van der Waals surface area contributed by atoms with Crippen LogP contribution in [0.4, 0.5) is 0 Å². The van der Waals surface area contributed by atoms with Crippen LogP contribution in [0.2, 0.25) is 0 Å². The molecule has 0 bridgehead atoms. The quantitative estimate of drug-likeness (QED) is 0.650. The molecular formula is C20H29NO3. The Bertz CT molecular complexity index is 529. The molecule has 0 saturated carbocycles. The van der Waals surface area contributed by atoms with Gasteiger partial charge in [-0.15, -0.1) is 0 Å². The van der Waals surface area contributed by atoms with E-state index in [1.807, 2.05) is 25.1 Å². The Morgan fingerprint density at radius 1 is 1.29 bits per heavy atom. The minimum absolute atomic E-state index is 0.0820. The van der Waals surface area contributed by atoms with Crippen molar-refractivity contribution in [3.05, 3.63) is 35.9 Å². The Hall–Kier alpha value is -1.84. The number of carbonyl (C=O) groups excluding carboxylic acids is 2. The lowest BCUT2D eigenvalue weighted by Crippen LogP contribution is -2.44. The molecule has 1 aliphatic heterocycles. The summed E-state index contributed by atoms with van der Waals surface area (Å²) in [6.07, 6.45) is 5.35. The number of rotatable bonds is 9. The maximum absolute atomic E-state index is 12.7. The van der Waals surface area contributed by atoms with Crippen LogP contribution >= 0.6 is 0 Å². The Morgan fingerprint density at radius 2 is 2.04 bits per heavy atom. The summed E-state index contributed by atoms with van der Waals surface area (Å²) >= 11 is 0. The predicted molar refractivity (Wildman–Crippen MR) is 94.5 cm³/mol. The largest absolute Gasteiger partial charge is 0.464 e. The maximum Gasteiger partial charge on any atom is 0.328 e. The number of nitrogens with zero attached hydrogens (tertiary/aromatic N) is 1. The predicted octanol–water partition coefficient (Wildman–Crippen LogP) is 3.59. The van der Waals surface area contributed by atoms with Crippen molar-refractivity contribution < 1.29 is 14.3 Å². The summed E-state index contributed by atoms with van der Waals surface area (Å²) in [4.78, 5) is 26.9. The first-order valence-electron chi connectivity index (χ1n) is 9.18. The normalized spacial score (nSPS) is 18.7. The van der Waals surface area contributed by atoms with Crippen LogP contribution in [0.3, 0.4) is 0 Å². The minimum Gasteiger partial charge on any atom is -0.464 e. The van der Waals surface area contributed by atoms with Gasteiger partial charge in [-0.1, -0.05) is 50.1 Å². The van der Waals surface area contributed by atoms with E-state index < -0.39 is 6.04 Å². The molecule has 2 atom stereocenters. The fourth-order valence-electron chi connectivity index (χ4n) is 3.38. The third-order valence-corrected chi connectivity index (χ3v) is 4.74. The molecule has 0 radical (unpaired) electrons. The van der Waals surface area contributed by atoms with Crippen molar-refractivity contribution in [3.8, 4) is 0 Å².